The monoisotopic (exact) mass is 335 g/mol. The Bertz CT molecular complexity index is 843. The highest BCUT2D eigenvalue weighted by Crippen LogP contribution is 2.16. The molecule has 1 amide bonds. The Balaban J connectivity index is 1.68. The minimum absolute atomic E-state index is 0.0843. The average Bonchev–Trinajstić information content (AvgIpc) is 2.51. The molecule has 2 aliphatic rings. The average molecular weight is 335 g/mol. The molecular weight excluding hydrogens is 321 g/mol. The first-order valence-corrected chi connectivity index (χ1v) is 8.56. The van der Waals surface area contributed by atoms with Gasteiger partial charge in [-0.1, -0.05) is 12.1 Å². The van der Waals surface area contributed by atoms with Crippen molar-refractivity contribution < 1.29 is 17.6 Å². The second kappa shape index (κ2) is 5.96. The van der Waals surface area contributed by atoms with Crippen LogP contribution in [0.1, 0.15) is 5.56 Å². The van der Waals surface area contributed by atoms with Crippen molar-refractivity contribution in [3.63, 3.8) is 0 Å². The number of carbonyl (C=O) groups excluding carboxylic acids is 1. The summed E-state index contributed by atoms with van der Waals surface area (Å²) in [5.74, 6) is -0.459. The SMILES string of the molecule is O=C(NCc1cccc(F)c1)C1=CN2CCS(=O)(=O)N=C2C=C1. The summed E-state index contributed by atoms with van der Waals surface area (Å²) < 4.78 is 39.6. The molecule has 120 valence electrons. The highest BCUT2D eigenvalue weighted by atomic mass is 32.2. The van der Waals surface area contributed by atoms with E-state index in [0.717, 1.165) is 0 Å². The lowest BCUT2D eigenvalue weighted by molar-refractivity contribution is -0.117. The molecule has 1 N–H and O–H groups in total. The molecule has 0 spiro atoms. The first kappa shape index (κ1) is 15.4. The summed E-state index contributed by atoms with van der Waals surface area (Å²) >= 11 is 0. The van der Waals surface area contributed by atoms with Crippen molar-refractivity contribution in [1.82, 2.24) is 10.2 Å². The van der Waals surface area contributed by atoms with Crippen molar-refractivity contribution >= 4 is 21.8 Å². The maximum atomic E-state index is 13.1. The number of fused-ring (bicyclic) bond motifs is 1. The summed E-state index contributed by atoms with van der Waals surface area (Å²) in [4.78, 5) is 13.8. The van der Waals surface area contributed by atoms with Gasteiger partial charge in [-0.3, -0.25) is 4.79 Å². The van der Waals surface area contributed by atoms with Crippen LogP contribution in [0.25, 0.3) is 0 Å². The van der Waals surface area contributed by atoms with Gasteiger partial charge in [0.1, 0.15) is 11.7 Å². The first-order chi connectivity index (χ1) is 10.9. The van der Waals surface area contributed by atoms with Crippen molar-refractivity contribution in [3.05, 3.63) is 59.6 Å². The Labute approximate surface area is 133 Å². The molecule has 0 unspecified atom stereocenters. The molecule has 0 atom stereocenters. The van der Waals surface area contributed by atoms with Gasteiger partial charge < -0.3 is 10.2 Å². The molecule has 8 heteroatoms. The highest BCUT2D eigenvalue weighted by molar-refractivity contribution is 7.90. The maximum absolute atomic E-state index is 13.1. The lowest BCUT2D eigenvalue weighted by Gasteiger charge is -2.26. The highest BCUT2D eigenvalue weighted by Gasteiger charge is 2.24. The van der Waals surface area contributed by atoms with Gasteiger partial charge in [0.15, 0.2) is 0 Å². The number of amidine groups is 1. The number of amides is 1. The number of sulfonamides is 1. The van der Waals surface area contributed by atoms with E-state index in [0.29, 0.717) is 17.0 Å². The van der Waals surface area contributed by atoms with Crippen molar-refractivity contribution in [2.75, 3.05) is 12.3 Å². The molecule has 3 rings (SSSR count). The molecule has 0 saturated heterocycles. The van der Waals surface area contributed by atoms with Crippen LogP contribution >= 0.6 is 0 Å². The molecule has 0 fully saturated rings. The van der Waals surface area contributed by atoms with E-state index in [9.17, 15) is 17.6 Å². The molecule has 6 nitrogen and oxygen atoms in total. The molecule has 0 bridgehead atoms. The van der Waals surface area contributed by atoms with Gasteiger partial charge in [0.2, 0.25) is 0 Å². The molecular formula is C15H14FN3O3S. The van der Waals surface area contributed by atoms with Crippen LogP contribution in [0.15, 0.2) is 52.6 Å². The van der Waals surface area contributed by atoms with Gasteiger partial charge in [0, 0.05) is 19.3 Å². The van der Waals surface area contributed by atoms with E-state index in [1.165, 1.54) is 24.3 Å². The predicted molar refractivity (Wildman–Crippen MR) is 83.4 cm³/mol. The van der Waals surface area contributed by atoms with Crippen molar-refractivity contribution in [1.29, 1.82) is 0 Å². The number of benzene rings is 1. The second-order valence-corrected chi connectivity index (χ2v) is 6.91. The van der Waals surface area contributed by atoms with E-state index < -0.39 is 10.0 Å². The second-order valence-electron chi connectivity index (χ2n) is 5.16. The topological polar surface area (TPSA) is 78.8 Å². The van der Waals surface area contributed by atoms with Crippen molar-refractivity contribution in [3.8, 4) is 0 Å². The van der Waals surface area contributed by atoms with Crippen LogP contribution < -0.4 is 5.32 Å². The standard InChI is InChI=1S/C15H14FN3O3S/c16-13-3-1-2-11(8-13)9-17-15(20)12-4-5-14-18-23(21,22)7-6-19(14)10-12/h1-5,8,10H,6-7,9H2,(H,17,20). The molecule has 1 aromatic rings. The normalized spacial score (nSPS) is 18.7. The van der Waals surface area contributed by atoms with E-state index in [1.54, 1.807) is 23.2 Å². The Kier molecular flexibility index (Phi) is 3.99. The number of hydrogen-bond donors (Lipinski definition) is 1. The van der Waals surface area contributed by atoms with Gasteiger partial charge in [-0.25, -0.2) is 12.8 Å². The summed E-state index contributed by atoms with van der Waals surface area (Å²) in [5, 5.41) is 2.70. The smallest absolute Gasteiger partial charge is 0.256 e. The Morgan fingerprint density at radius 1 is 1.35 bits per heavy atom. The van der Waals surface area contributed by atoms with Gasteiger partial charge in [0.05, 0.1) is 11.3 Å². The predicted octanol–water partition coefficient (Wildman–Crippen LogP) is 0.939. The molecule has 2 heterocycles. The third-order valence-corrected chi connectivity index (χ3v) is 4.59. The van der Waals surface area contributed by atoms with E-state index in [-0.39, 0.29) is 30.6 Å². The number of hydrogen-bond acceptors (Lipinski definition) is 4. The number of rotatable bonds is 3. The maximum Gasteiger partial charge on any atom is 0.256 e. The first-order valence-electron chi connectivity index (χ1n) is 6.95. The van der Waals surface area contributed by atoms with E-state index in [4.69, 9.17) is 0 Å². The van der Waals surface area contributed by atoms with Crippen LogP contribution in [0.2, 0.25) is 0 Å². The third kappa shape index (κ3) is 3.65. The fourth-order valence-corrected chi connectivity index (χ4v) is 3.24. The quantitative estimate of drug-likeness (QED) is 0.892. The fraction of sp³-hybridized carbons (Fsp3) is 0.200. The minimum Gasteiger partial charge on any atom is -0.348 e. The van der Waals surface area contributed by atoms with Gasteiger partial charge in [0.25, 0.3) is 15.9 Å². The summed E-state index contributed by atoms with van der Waals surface area (Å²) in [5.41, 5.74) is 1.05. The number of nitrogens with one attached hydrogen (secondary N) is 1. The zero-order valence-electron chi connectivity index (χ0n) is 12.1. The molecule has 1 aromatic carbocycles. The van der Waals surface area contributed by atoms with Gasteiger partial charge in [-0.05, 0) is 29.8 Å². The largest absolute Gasteiger partial charge is 0.348 e. The molecule has 0 aliphatic carbocycles. The van der Waals surface area contributed by atoms with E-state index >= 15 is 0 Å². The molecule has 0 aromatic heterocycles. The van der Waals surface area contributed by atoms with Crippen molar-refractivity contribution in [2.45, 2.75) is 6.54 Å². The molecule has 0 saturated carbocycles. The van der Waals surface area contributed by atoms with Gasteiger partial charge >= 0.3 is 0 Å². The van der Waals surface area contributed by atoms with Crippen LogP contribution in [-0.4, -0.2) is 37.4 Å². The summed E-state index contributed by atoms with van der Waals surface area (Å²) in [6.45, 7) is 0.462. The van der Waals surface area contributed by atoms with E-state index in [1.807, 2.05) is 0 Å². The van der Waals surface area contributed by atoms with Crippen LogP contribution in [-0.2, 0) is 21.4 Å². The minimum atomic E-state index is -3.41. The van der Waals surface area contributed by atoms with Crippen LogP contribution in [0, 0.1) is 5.82 Å². The number of carbonyl (C=O) groups is 1. The lowest BCUT2D eigenvalue weighted by Crippen LogP contribution is -2.38. The molecule has 2 aliphatic heterocycles. The Morgan fingerprint density at radius 3 is 2.96 bits per heavy atom. The molecule has 0 radical (unpaired) electrons. The molecule has 23 heavy (non-hydrogen) atoms. The summed E-state index contributed by atoms with van der Waals surface area (Å²) in [6.07, 6.45) is 4.57. The summed E-state index contributed by atoms with van der Waals surface area (Å²) in [6, 6.07) is 5.98. The zero-order valence-corrected chi connectivity index (χ0v) is 12.9. The van der Waals surface area contributed by atoms with Crippen molar-refractivity contribution in [2.24, 2.45) is 4.40 Å². The zero-order chi connectivity index (χ0) is 16.4. The van der Waals surface area contributed by atoms with Crippen LogP contribution in [0.3, 0.4) is 0 Å². The number of nitrogens with zero attached hydrogens (tertiary/aromatic N) is 2. The fourth-order valence-electron chi connectivity index (χ4n) is 2.27. The van der Waals surface area contributed by atoms with Crippen LogP contribution in [0.5, 0.6) is 0 Å². The van der Waals surface area contributed by atoms with Crippen LogP contribution in [0.4, 0.5) is 4.39 Å². The lowest BCUT2D eigenvalue weighted by atomic mass is 10.1. The van der Waals surface area contributed by atoms with E-state index in [2.05, 4.69) is 9.71 Å². The summed E-state index contributed by atoms with van der Waals surface area (Å²) in [7, 11) is -3.41. The van der Waals surface area contributed by atoms with Gasteiger partial charge in [-0.15, -0.1) is 4.40 Å². The van der Waals surface area contributed by atoms with Gasteiger partial charge in [-0.2, -0.15) is 0 Å². The number of halogens is 1. The third-order valence-electron chi connectivity index (χ3n) is 3.43. The Morgan fingerprint density at radius 2 is 2.17 bits per heavy atom. The Hall–Kier alpha value is -2.48.